The van der Waals surface area contributed by atoms with E-state index in [2.05, 4.69) is 39.9 Å². The van der Waals surface area contributed by atoms with Gasteiger partial charge in [0.25, 0.3) is 0 Å². The molecular weight excluding hydrogens is 364 g/mol. The van der Waals surface area contributed by atoms with Crippen LogP contribution in [-0.2, 0) is 6.54 Å². The molecular formula is C18H20N6O2S. The van der Waals surface area contributed by atoms with Gasteiger partial charge in [-0.3, -0.25) is 0 Å². The lowest BCUT2D eigenvalue weighted by Gasteiger charge is -2.23. The second-order valence-electron chi connectivity index (χ2n) is 6.44. The van der Waals surface area contributed by atoms with Crippen molar-refractivity contribution in [3.05, 3.63) is 46.4 Å². The fourth-order valence-corrected chi connectivity index (χ4v) is 3.77. The maximum Gasteiger partial charge on any atom is 0.322 e. The Bertz CT molecular complexity index is 935. The summed E-state index contributed by atoms with van der Waals surface area (Å²) in [5.41, 5.74) is 1.37. The topological polar surface area (TPSA) is 85.2 Å². The summed E-state index contributed by atoms with van der Waals surface area (Å²) in [5.74, 6) is 0.555. The summed E-state index contributed by atoms with van der Waals surface area (Å²) in [6.45, 7) is 2.70. The van der Waals surface area contributed by atoms with Crippen LogP contribution in [0.15, 0.2) is 36.7 Å². The Labute approximate surface area is 160 Å². The van der Waals surface area contributed by atoms with Crippen LogP contribution in [0.25, 0.3) is 5.69 Å². The fraction of sp³-hybridized carbons (Fsp3) is 0.333. The van der Waals surface area contributed by atoms with Crippen molar-refractivity contribution in [2.45, 2.75) is 32.4 Å². The minimum Gasteiger partial charge on any atom is -0.494 e. The van der Waals surface area contributed by atoms with Crippen molar-refractivity contribution in [2.24, 2.45) is 0 Å². The van der Waals surface area contributed by atoms with E-state index in [0.29, 0.717) is 24.0 Å². The van der Waals surface area contributed by atoms with Gasteiger partial charge in [-0.1, -0.05) is 0 Å². The molecule has 1 N–H and O–H groups in total. The van der Waals surface area contributed by atoms with Crippen LogP contribution in [0.2, 0.25) is 0 Å². The zero-order valence-electron chi connectivity index (χ0n) is 15.1. The summed E-state index contributed by atoms with van der Waals surface area (Å²) < 4.78 is 6.98. The van der Waals surface area contributed by atoms with Crippen LogP contribution in [0.3, 0.4) is 0 Å². The number of carbonyl (C=O) groups is 1. The molecule has 1 aliphatic carbocycles. The molecule has 2 heterocycles. The number of tetrazole rings is 1. The van der Waals surface area contributed by atoms with Crippen molar-refractivity contribution in [3.63, 3.8) is 0 Å². The molecule has 0 atom stereocenters. The van der Waals surface area contributed by atoms with Gasteiger partial charge in [-0.2, -0.15) is 0 Å². The molecule has 1 aromatic carbocycles. The molecule has 0 radical (unpaired) electrons. The van der Waals surface area contributed by atoms with Gasteiger partial charge in [0.1, 0.15) is 12.1 Å². The number of amides is 2. The first-order valence-corrected chi connectivity index (χ1v) is 9.50. The predicted octanol–water partition coefficient (Wildman–Crippen LogP) is 3.24. The van der Waals surface area contributed by atoms with Gasteiger partial charge in [-0.15, -0.1) is 16.4 Å². The molecule has 1 saturated carbocycles. The summed E-state index contributed by atoms with van der Waals surface area (Å²) in [6.07, 6.45) is 3.60. The van der Waals surface area contributed by atoms with Crippen molar-refractivity contribution < 1.29 is 9.53 Å². The van der Waals surface area contributed by atoms with E-state index in [1.54, 1.807) is 30.6 Å². The number of hydrogen-bond donors (Lipinski definition) is 1. The highest BCUT2D eigenvalue weighted by molar-refractivity contribution is 7.11. The lowest BCUT2D eigenvalue weighted by atomic mass is 10.2. The molecule has 3 aromatic rings. The predicted molar refractivity (Wildman–Crippen MR) is 102 cm³/mol. The highest BCUT2D eigenvalue weighted by atomic mass is 32.1. The fourth-order valence-electron chi connectivity index (χ4n) is 2.88. The number of aromatic nitrogens is 4. The first kappa shape index (κ1) is 17.5. The van der Waals surface area contributed by atoms with Crippen LogP contribution in [0, 0.1) is 6.92 Å². The number of methoxy groups -OCH3 is 1. The van der Waals surface area contributed by atoms with E-state index in [-0.39, 0.29) is 6.03 Å². The van der Waals surface area contributed by atoms with E-state index in [9.17, 15) is 4.79 Å². The minimum atomic E-state index is -0.114. The molecule has 2 aromatic heterocycles. The molecule has 4 rings (SSSR count). The van der Waals surface area contributed by atoms with Gasteiger partial charge in [0.05, 0.1) is 25.0 Å². The first-order valence-electron chi connectivity index (χ1n) is 8.68. The molecule has 0 spiro atoms. The highest BCUT2D eigenvalue weighted by Crippen LogP contribution is 2.32. The number of benzene rings is 1. The molecule has 0 saturated heterocycles. The molecule has 1 fully saturated rings. The number of urea groups is 1. The molecule has 0 unspecified atom stereocenters. The van der Waals surface area contributed by atoms with Gasteiger partial charge in [-0.25, -0.2) is 9.48 Å². The average Bonchev–Trinajstić information content (AvgIpc) is 3.18. The van der Waals surface area contributed by atoms with E-state index in [4.69, 9.17) is 4.74 Å². The number of carbonyl (C=O) groups excluding carboxylic acids is 1. The zero-order valence-corrected chi connectivity index (χ0v) is 15.9. The summed E-state index contributed by atoms with van der Waals surface area (Å²) in [4.78, 5) is 17.3. The normalized spacial score (nSPS) is 13.4. The van der Waals surface area contributed by atoms with Gasteiger partial charge >= 0.3 is 6.03 Å². The third kappa shape index (κ3) is 3.92. The zero-order chi connectivity index (χ0) is 18.8. The monoisotopic (exact) mass is 384 g/mol. The number of anilines is 1. The second kappa shape index (κ2) is 7.36. The molecule has 27 heavy (non-hydrogen) atoms. The Hall–Kier alpha value is -2.94. The number of hydrogen-bond acceptors (Lipinski definition) is 6. The Morgan fingerprint density at radius 3 is 2.85 bits per heavy atom. The summed E-state index contributed by atoms with van der Waals surface area (Å²) in [7, 11) is 1.57. The number of ether oxygens (including phenoxy) is 1. The lowest BCUT2D eigenvalue weighted by molar-refractivity contribution is 0.206. The number of thiophene rings is 1. The third-order valence-corrected chi connectivity index (χ3v) is 5.40. The van der Waals surface area contributed by atoms with Crippen LogP contribution >= 0.6 is 11.3 Å². The summed E-state index contributed by atoms with van der Waals surface area (Å²) in [6, 6.07) is 9.78. The van der Waals surface area contributed by atoms with Crippen molar-refractivity contribution in [2.75, 3.05) is 12.4 Å². The molecule has 9 heteroatoms. The maximum atomic E-state index is 12.9. The average molecular weight is 384 g/mol. The van der Waals surface area contributed by atoms with Gasteiger partial charge < -0.3 is 15.0 Å². The smallest absolute Gasteiger partial charge is 0.322 e. The SMILES string of the molecule is COc1cc(-n2cnnn2)ccc1NC(=O)N(Cc1ccc(C)s1)C1CC1. The number of nitrogens with zero attached hydrogens (tertiary/aromatic N) is 5. The Kier molecular flexibility index (Phi) is 4.76. The van der Waals surface area contributed by atoms with E-state index in [0.717, 1.165) is 18.5 Å². The standard InChI is InChI=1S/C18H20N6O2S/c1-12-3-7-15(27-12)10-23(13-4-5-13)18(25)20-16-8-6-14(9-17(16)26-2)24-11-19-21-22-24/h3,6-9,11,13H,4-5,10H2,1-2H3,(H,20,25). The van der Waals surface area contributed by atoms with Crippen molar-refractivity contribution >= 4 is 23.1 Å². The van der Waals surface area contributed by atoms with E-state index in [1.165, 1.54) is 20.8 Å². The largest absolute Gasteiger partial charge is 0.494 e. The van der Waals surface area contributed by atoms with Gasteiger partial charge in [-0.05, 0) is 54.5 Å². The van der Waals surface area contributed by atoms with E-state index < -0.39 is 0 Å². The molecule has 0 bridgehead atoms. The van der Waals surface area contributed by atoms with E-state index >= 15 is 0 Å². The van der Waals surface area contributed by atoms with Crippen molar-refractivity contribution in [3.8, 4) is 11.4 Å². The molecule has 1 aliphatic rings. The first-order chi connectivity index (χ1) is 13.1. The minimum absolute atomic E-state index is 0.114. The van der Waals surface area contributed by atoms with Crippen LogP contribution in [0.1, 0.15) is 22.6 Å². The van der Waals surface area contributed by atoms with Crippen molar-refractivity contribution in [1.29, 1.82) is 0 Å². The molecule has 8 nitrogen and oxygen atoms in total. The van der Waals surface area contributed by atoms with Gasteiger partial charge in [0.2, 0.25) is 0 Å². The summed E-state index contributed by atoms with van der Waals surface area (Å²) >= 11 is 1.73. The summed E-state index contributed by atoms with van der Waals surface area (Å²) in [5, 5.41) is 14.1. The quantitative estimate of drug-likeness (QED) is 0.705. The molecule has 2 amide bonds. The molecule has 0 aliphatic heterocycles. The third-order valence-electron chi connectivity index (χ3n) is 4.41. The number of aryl methyl sites for hydroxylation is 1. The van der Waals surface area contributed by atoms with Crippen LogP contribution in [0.5, 0.6) is 5.75 Å². The Morgan fingerprint density at radius 1 is 1.37 bits per heavy atom. The second-order valence-corrected chi connectivity index (χ2v) is 7.81. The number of nitrogens with one attached hydrogen (secondary N) is 1. The Morgan fingerprint density at radius 2 is 2.22 bits per heavy atom. The van der Waals surface area contributed by atoms with E-state index in [1.807, 2.05) is 11.0 Å². The van der Waals surface area contributed by atoms with Crippen molar-refractivity contribution in [1.82, 2.24) is 25.1 Å². The highest BCUT2D eigenvalue weighted by Gasteiger charge is 2.33. The Balaban J connectivity index is 1.52. The van der Waals surface area contributed by atoms with Crippen LogP contribution < -0.4 is 10.1 Å². The lowest BCUT2D eigenvalue weighted by Crippen LogP contribution is -2.36. The van der Waals surface area contributed by atoms with Gasteiger partial charge in [0, 0.05) is 21.9 Å². The molecule has 140 valence electrons. The maximum absolute atomic E-state index is 12.9. The van der Waals surface area contributed by atoms with Crippen LogP contribution in [0.4, 0.5) is 10.5 Å². The van der Waals surface area contributed by atoms with Gasteiger partial charge in [0.15, 0.2) is 0 Å². The van der Waals surface area contributed by atoms with Crippen LogP contribution in [-0.4, -0.2) is 44.3 Å². The number of rotatable bonds is 6.